The first-order chi connectivity index (χ1) is 7.83. The van der Waals surface area contributed by atoms with Crippen LogP contribution < -0.4 is 5.32 Å². The molecule has 16 heavy (non-hydrogen) atoms. The molecule has 2 heterocycles. The summed E-state index contributed by atoms with van der Waals surface area (Å²) in [6.07, 6.45) is 2.16. The van der Waals surface area contributed by atoms with Gasteiger partial charge in [-0.3, -0.25) is 0 Å². The zero-order valence-electron chi connectivity index (χ0n) is 9.48. The van der Waals surface area contributed by atoms with Crippen molar-refractivity contribution in [1.29, 1.82) is 0 Å². The summed E-state index contributed by atoms with van der Waals surface area (Å²) in [5.74, 6) is 0. The fraction of sp³-hybridized carbons (Fsp3) is 0.286. The molecule has 0 fully saturated rings. The van der Waals surface area contributed by atoms with Crippen molar-refractivity contribution in [3.05, 3.63) is 59.4 Å². The SMILES string of the molecule is Cc1ccc([C@@H]2Cn3cccc3CN2)cc1. The van der Waals surface area contributed by atoms with Crippen molar-refractivity contribution in [2.45, 2.75) is 26.1 Å². The third-order valence-corrected chi connectivity index (χ3v) is 3.31. The van der Waals surface area contributed by atoms with Crippen molar-refractivity contribution in [3.63, 3.8) is 0 Å². The molecule has 0 spiro atoms. The lowest BCUT2D eigenvalue weighted by Crippen LogP contribution is -2.31. The van der Waals surface area contributed by atoms with Gasteiger partial charge in [-0.15, -0.1) is 0 Å². The molecule has 1 aromatic carbocycles. The zero-order chi connectivity index (χ0) is 11.0. The average molecular weight is 212 g/mol. The smallest absolute Gasteiger partial charge is 0.0505 e. The van der Waals surface area contributed by atoms with Crippen molar-refractivity contribution < 1.29 is 0 Å². The second kappa shape index (κ2) is 3.80. The molecule has 0 unspecified atom stereocenters. The second-order valence-electron chi connectivity index (χ2n) is 4.50. The van der Waals surface area contributed by atoms with Crippen LogP contribution in [-0.4, -0.2) is 4.57 Å². The van der Waals surface area contributed by atoms with Crippen molar-refractivity contribution in [2.75, 3.05) is 0 Å². The fourth-order valence-electron chi connectivity index (χ4n) is 2.30. The summed E-state index contributed by atoms with van der Waals surface area (Å²) in [7, 11) is 0. The predicted molar refractivity (Wildman–Crippen MR) is 65.2 cm³/mol. The molecule has 0 radical (unpaired) electrons. The van der Waals surface area contributed by atoms with Gasteiger partial charge < -0.3 is 9.88 Å². The number of nitrogens with zero attached hydrogens (tertiary/aromatic N) is 1. The lowest BCUT2D eigenvalue weighted by molar-refractivity contribution is 0.404. The molecular weight excluding hydrogens is 196 g/mol. The Labute approximate surface area is 95.9 Å². The minimum Gasteiger partial charge on any atom is -0.348 e. The Bertz CT molecular complexity index is 482. The molecule has 0 amide bonds. The van der Waals surface area contributed by atoms with E-state index in [0.717, 1.165) is 13.1 Å². The topological polar surface area (TPSA) is 17.0 Å². The van der Waals surface area contributed by atoms with Crippen LogP contribution in [0.5, 0.6) is 0 Å². The summed E-state index contributed by atoms with van der Waals surface area (Å²) in [4.78, 5) is 0. The molecule has 0 saturated carbocycles. The molecule has 1 aliphatic heterocycles. The number of hydrogen-bond donors (Lipinski definition) is 1. The maximum Gasteiger partial charge on any atom is 0.0505 e. The van der Waals surface area contributed by atoms with E-state index in [1.807, 2.05) is 0 Å². The van der Waals surface area contributed by atoms with Crippen LogP contribution in [0.15, 0.2) is 42.6 Å². The van der Waals surface area contributed by atoms with Gasteiger partial charge >= 0.3 is 0 Å². The monoisotopic (exact) mass is 212 g/mol. The van der Waals surface area contributed by atoms with Gasteiger partial charge in [0.25, 0.3) is 0 Å². The van der Waals surface area contributed by atoms with Crippen LogP contribution in [0.2, 0.25) is 0 Å². The number of aromatic nitrogens is 1. The Kier molecular flexibility index (Phi) is 2.29. The Balaban J connectivity index is 1.86. The van der Waals surface area contributed by atoms with Gasteiger partial charge in [-0.25, -0.2) is 0 Å². The average Bonchev–Trinajstić information content (AvgIpc) is 2.77. The van der Waals surface area contributed by atoms with E-state index in [1.165, 1.54) is 16.8 Å². The molecule has 0 bridgehead atoms. The Hall–Kier alpha value is -1.54. The summed E-state index contributed by atoms with van der Waals surface area (Å²) in [6, 6.07) is 13.6. The summed E-state index contributed by atoms with van der Waals surface area (Å²) in [6.45, 7) is 4.12. The highest BCUT2D eigenvalue weighted by atomic mass is 15.1. The van der Waals surface area contributed by atoms with Gasteiger partial charge in [0.15, 0.2) is 0 Å². The summed E-state index contributed by atoms with van der Waals surface area (Å²) < 4.78 is 2.33. The highest BCUT2D eigenvalue weighted by Crippen LogP contribution is 2.21. The summed E-state index contributed by atoms with van der Waals surface area (Å²) in [5.41, 5.74) is 4.08. The first-order valence-electron chi connectivity index (χ1n) is 5.77. The van der Waals surface area contributed by atoms with Gasteiger partial charge in [0.2, 0.25) is 0 Å². The number of benzene rings is 1. The molecule has 2 nitrogen and oxygen atoms in total. The largest absolute Gasteiger partial charge is 0.348 e. The molecule has 2 heteroatoms. The van der Waals surface area contributed by atoms with Gasteiger partial charge in [0.1, 0.15) is 0 Å². The molecule has 0 saturated heterocycles. The molecule has 82 valence electrons. The van der Waals surface area contributed by atoms with E-state index in [-0.39, 0.29) is 0 Å². The molecule has 2 aromatic rings. The normalized spacial score (nSPS) is 19.4. The van der Waals surface area contributed by atoms with Crippen molar-refractivity contribution in [1.82, 2.24) is 9.88 Å². The first kappa shape index (κ1) is 9.67. The van der Waals surface area contributed by atoms with E-state index < -0.39 is 0 Å². The standard InChI is InChI=1S/C14H16N2/c1-11-4-6-12(7-5-11)14-10-16-8-2-3-13(16)9-15-14/h2-8,14-15H,9-10H2,1H3/t14-/m0/s1. The van der Waals surface area contributed by atoms with Crippen molar-refractivity contribution in [3.8, 4) is 0 Å². The molecule has 1 N–H and O–H groups in total. The molecule has 0 aliphatic carbocycles. The Morgan fingerprint density at radius 3 is 2.81 bits per heavy atom. The maximum absolute atomic E-state index is 3.58. The highest BCUT2D eigenvalue weighted by molar-refractivity contribution is 5.25. The molecule has 1 aromatic heterocycles. The van der Waals surface area contributed by atoms with Gasteiger partial charge in [0, 0.05) is 25.0 Å². The van der Waals surface area contributed by atoms with Crippen molar-refractivity contribution in [2.24, 2.45) is 0 Å². The first-order valence-corrected chi connectivity index (χ1v) is 5.77. The minimum absolute atomic E-state index is 0.445. The third kappa shape index (κ3) is 1.65. The van der Waals surface area contributed by atoms with Crippen LogP contribution in [0.1, 0.15) is 22.9 Å². The lowest BCUT2D eigenvalue weighted by Gasteiger charge is -2.26. The van der Waals surface area contributed by atoms with Gasteiger partial charge in [-0.1, -0.05) is 29.8 Å². The Morgan fingerprint density at radius 2 is 2.00 bits per heavy atom. The van der Waals surface area contributed by atoms with Crippen LogP contribution in [0.25, 0.3) is 0 Å². The minimum atomic E-state index is 0.445. The molecule has 1 atom stereocenters. The summed E-state index contributed by atoms with van der Waals surface area (Å²) in [5, 5.41) is 3.58. The zero-order valence-corrected chi connectivity index (χ0v) is 9.48. The van der Waals surface area contributed by atoms with E-state index in [9.17, 15) is 0 Å². The predicted octanol–water partition coefficient (Wildman–Crippen LogP) is 2.64. The maximum atomic E-state index is 3.58. The van der Waals surface area contributed by atoms with Crippen LogP contribution in [0.4, 0.5) is 0 Å². The summed E-state index contributed by atoms with van der Waals surface area (Å²) >= 11 is 0. The lowest BCUT2D eigenvalue weighted by atomic mass is 10.0. The quantitative estimate of drug-likeness (QED) is 0.769. The number of aryl methyl sites for hydroxylation is 1. The van der Waals surface area contributed by atoms with E-state index in [0.29, 0.717) is 6.04 Å². The van der Waals surface area contributed by atoms with Gasteiger partial charge in [-0.05, 0) is 24.6 Å². The number of fused-ring (bicyclic) bond motifs is 1. The van der Waals surface area contributed by atoms with Crippen LogP contribution in [0.3, 0.4) is 0 Å². The number of hydrogen-bond acceptors (Lipinski definition) is 1. The highest BCUT2D eigenvalue weighted by Gasteiger charge is 2.17. The van der Waals surface area contributed by atoms with E-state index in [2.05, 4.69) is 59.4 Å². The van der Waals surface area contributed by atoms with E-state index in [1.54, 1.807) is 0 Å². The van der Waals surface area contributed by atoms with Gasteiger partial charge in [0.05, 0.1) is 6.04 Å². The number of rotatable bonds is 1. The van der Waals surface area contributed by atoms with Crippen molar-refractivity contribution >= 4 is 0 Å². The van der Waals surface area contributed by atoms with Crippen LogP contribution >= 0.6 is 0 Å². The second-order valence-corrected chi connectivity index (χ2v) is 4.50. The van der Waals surface area contributed by atoms with Crippen LogP contribution in [0, 0.1) is 6.92 Å². The van der Waals surface area contributed by atoms with E-state index >= 15 is 0 Å². The molecular formula is C14H16N2. The van der Waals surface area contributed by atoms with Gasteiger partial charge in [-0.2, -0.15) is 0 Å². The fourth-order valence-corrected chi connectivity index (χ4v) is 2.30. The third-order valence-electron chi connectivity index (χ3n) is 3.31. The van der Waals surface area contributed by atoms with E-state index in [4.69, 9.17) is 0 Å². The molecule has 1 aliphatic rings. The van der Waals surface area contributed by atoms with Crippen LogP contribution in [-0.2, 0) is 13.1 Å². The number of nitrogens with one attached hydrogen (secondary N) is 1. The molecule has 3 rings (SSSR count). The Morgan fingerprint density at radius 1 is 1.19 bits per heavy atom.